The Bertz CT molecular complexity index is 2140. The maximum absolute atomic E-state index is 14.2. The van der Waals surface area contributed by atoms with Crippen LogP contribution in [0.3, 0.4) is 0 Å². The smallest absolute Gasteiger partial charge is 0.266 e. The van der Waals surface area contributed by atoms with E-state index in [1.54, 1.807) is 23.8 Å². The fourth-order valence-electron chi connectivity index (χ4n) is 7.25. The molecule has 11 heteroatoms. The summed E-state index contributed by atoms with van der Waals surface area (Å²) in [6.45, 7) is 3.12. The van der Waals surface area contributed by atoms with Gasteiger partial charge < -0.3 is 24.1 Å². The number of carbonyl (C=O) groups excluding carboxylic acids is 1. The van der Waals surface area contributed by atoms with E-state index in [4.69, 9.17) is 19.3 Å². The van der Waals surface area contributed by atoms with Gasteiger partial charge in [0, 0.05) is 42.7 Å². The molecule has 4 heterocycles. The van der Waals surface area contributed by atoms with Gasteiger partial charge in [0.2, 0.25) is 0 Å². The molecule has 0 bridgehead atoms. The Morgan fingerprint density at radius 2 is 1.65 bits per heavy atom. The van der Waals surface area contributed by atoms with Crippen LogP contribution < -0.4 is 30.3 Å². The molecule has 260 valence electrons. The van der Waals surface area contributed by atoms with Gasteiger partial charge in [-0.2, -0.15) is 0 Å². The summed E-state index contributed by atoms with van der Waals surface area (Å²) in [6, 6.07) is 26.7. The summed E-state index contributed by atoms with van der Waals surface area (Å²) in [6.07, 6.45) is 7.34. The molecule has 1 aromatic heterocycles. The van der Waals surface area contributed by atoms with E-state index in [-0.39, 0.29) is 24.2 Å². The summed E-state index contributed by atoms with van der Waals surface area (Å²) in [5.74, 6) is 2.00. The van der Waals surface area contributed by atoms with Crippen molar-refractivity contribution >= 4 is 28.7 Å². The van der Waals surface area contributed by atoms with Crippen molar-refractivity contribution in [3.63, 3.8) is 0 Å². The van der Waals surface area contributed by atoms with Crippen LogP contribution in [0.25, 0.3) is 28.0 Å². The summed E-state index contributed by atoms with van der Waals surface area (Å²) in [5, 5.41) is 0.583. The van der Waals surface area contributed by atoms with Gasteiger partial charge in [-0.15, -0.1) is 5.48 Å². The lowest BCUT2D eigenvalue weighted by Crippen LogP contribution is -2.38. The lowest BCUT2D eigenvalue weighted by atomic mass is 10.0. The summed E-state index contributed by atoms with van der Waals surface area (Å²) in [4.78, 5) is 47.2. The highest BCUT2D eigenvalue weighted by molar-refractivity contribution is 5.99. The van der Waals surface area contributed by atoms with Crippen molar-refractivity contribution in [1.29, 1.82) is 0 Å². The summed E-state index contributed by atoms with van der Waals surface area (Å²) < 4.78 is 13.2. The second kappa shape index (κ2) is 14.3. The SMILES string of the molecule is COc1cc2c(cc1ONCOc1ccc(-n3c(-c4ccccc4)nc4ccc(N5CCCCC5)cc4c3=O)cc1)CN=CC1CCCN1C2=O. The molecule has 8 rings (SSSR count). The van der Waals surface area contributed by atoms with Crippen LogP contribution in [0.15, 0.2) is 94.7 Å². The number of amides is 1. The molecule has 51 heavy (non-hydrogen) atoms. The number of ether oxygens (including phenoxy) is 2. The molecule has 0 saturated carbocycles. The number of benzene rings is 4. The van der Waals surface area contributed by atoms with Gasteiger partial charge in [0.05, 0.1) is 36.3 Å². The Balaban J connectivity index is 1.00. The third kappa shape index (κ3) is 6.52. The van der Waals surface area contributed by atoms with E-state index >= 15 is 0 Å². The first-order valence-corrected chi connectivity index (χ1v) is 17.6. The number of fused-ring (bicyclic) bond motifs is 3. The molecule has 0 aliphatic carbocycles. The van der Waals surface area contributed by atoms with Gasteiger partial charge in [-0.1, -0.05) is 30.3 Å². The molecule has 2 saturated heterocycles. The van der Waals surface area contributed by atoms with E-state index in [0.29, 0.717) is 51.8 Å². The van der Waals surface area contributed by atoms with Crippen LogP contribution in [0.5, 0.6) is 17.2 Å². The van der Waals surface area contributed by atoms with Crippen LogP contribution in [0.1, 0.15) is 48.0 Å². The second-order valence-corrected chi connectivity index (χ2v) is 13.1. The molecule has 4 aromatic carbocycles. The number of anilines is 1. The van der Waals surface area contributed by atoms with E-state index in [9.17, 15) is 9.59 Å². The van der Waals surface area contributed by atoms with Gasteiger partial charge in [0.1, 0.15) is 11.6 Å². The average molecular weight is 685 g/mol. The number of nitrogens with one attached hydrogen (secondary N) is 1. The average Bonchev–Trinajstić information content (AvgIpc) is 3.64. The third-order valence-corrected chi connectivity index (χ3v) is 9.90. The minimum atomic E-state index is -0.126. The van der Waals surface area contributed by atoms with Gasteiger partial charge in [-0.05, 0) is 92.3 Å². The number of methoxy groups -OCH3 is 1. The minimum Gasteiger partial charge on any atom is -0.493 e. The van der Waals surface area contributed by atoms with Crippen LogP contribution in [-0.4, -0.2) is 66.1 Å². The van der Waals surface area contributed by atoms with Crippen molar-refractivity contribution in [2.45, 2.75) is 44.7 Å². The van der Waals surface area contributed by atoms with Crippen LogP contribution in [-0.2, 0) is 6.54 Å². The number of rotatable bonds is 9. The number of nitrogens with zero attached hydrogens (tertiary/aromatic N) is 5. The first-order chi connectivity index (χ1) is 25.1. The molecule has 11 nitrogen and oxygen atoms in total. The lowest BCUT2D eigenvalue weighted by Gasteiger charge is -2.29. The highest BCUT2D eigenvalue weighted by Crippen LogP contribution is 2.34. The van der Waals surface area contributed by atoms with Crippen molar-refractivity contribution in [2.75, 3.05) is 38.4 Å². The van der Waals surface area contributed by atoms with Crippen molar-refractivity contribution in [3.05, 3.63) is 106 Å². The summed E-state index contributed by atoms with van der Waals surface area (Å²) in [7, 11) is 1.55. The number of carbonyl (C=O) groups is 1. The van der Waals surface area contributed by atoms with Crippen molar-refractivity contribution in [1.82, 2.24) is 19.9 Å². The molecule has 2 fully saturated rings. The monoisotopic (exact) mass is 684 g/mol. The number of piperidine rings is 1. The molecular weight excluding hydrogens is 644 g/mol. The van der Waals surface area contributed by atoms with E-state index in [2.05, 4.69) is 21.4 Å². The number of hydrogen-bond donors (Lipinski definition) is 1. The highest BCUT2D eigenvalue weighted by Gasteiger charge is 2.31. The molecule has 3 aliphatic heterocycles. The van der Waals surface area contributed by atoms with E-state index < -0.39 is 0 Å². The first kappa shape index (κ1) is 32.5. The molecule has 5 aromatic rings. The Morgan fingerprint density at radius 1 is 0.843 bits per heavy atom. The van der Waals surface area contributed by atoms with Crippen LogP contribution in [0.4, 0.5) is 5.69 Å². The Morgan fingerprint density at radius 3 is 2.45 bits per heavy atom. The van der Waals surface area contributed by atoms with E-state index in [0.717, 1.165) is 62.1 Å². The number of hydrogen-bond acceptors (Lipinski definition) is 9. The van der Waals surface area contributed by atoms with Crippen LogP contribution >= 0.6 is 0 Å². The standard InChI is InChI=1S/C40H40N6O5/c1-49-36-23-33-28(24-41-25-31-11-8-20-45(31)39(33)47)21-37(36)51-42-26-50-32-15-12-29(13-16-32)46-38(27-9-4-2-5-10-27)43-35-17-14-30(22-34(35)40(46)48)44-18-6-3-7-19-44/h2,4-5,9-10,12-17,21-23,25,31,42H,3,6-8,11,18-20,24,26H2,1H3. The van der Waals surface area contributed by atoms with Crippen molar-refractivity contribution in [3.8, 4) is 34.3 Å². The first-order valence-electron chi connectivity index (χ1n) is 17.6. The van der Waals surface area contributed by atoms with E-state index in [1.165, 1.54) is 6.42 Å². The minimum absolute atomic E-state index is 0.0111. The van der Waals surface area contributed by atoms with E-state index in [1.807, 2.05) is 77.8 Å². The number of aliphatic imine (C=N–C) groups is 1. The van der Waals surface area contributed by atoms with Gasteiger partial charge in [0.25, 0.3) is 11.5 Å². The predicted molar refractivity (Wildman–Crippen MR) is 197 cm³/mol. The predicted octanol–water partition coefficient (Wildman–Crippen LogP) is 6.16. The Kier molecular flexibility index (Phi) is 9.11. The molecule has 0 radical (unpaired) electrons. The zero-order valence-corrected chi connectivity index (χ0v) is 28.6. The van der Waals surface area contributed by atoms with Gasteiger partial charge in [0.15, 0.2) is 18.2 Å². The van der Waals surface area contributed by atoms with Crippen molar-refractivity contribution < 1.29 is 19.1 Å². The van der Waals surface area contributed by atoms with Gasteiger partial charge in [-0.25, -0.2) is 4.98 Å². The zero-order chi connectivity index (χ0) is 34.7. The van der Waals surface area contributed by atoms with Gasteiger partial charge in [-0.3, -0.25) is 19.1 Å². The fourth-order valence-corrected chi connectivity index (χ4v) is 7.25. The fraction of sp³-hybridized carbons (Fsp3) is 0.300. The quantitative estimate of drug-likeness (QED) is 0.112. The van der Waals surface area contributed by atoms with Crippen molar-refractivity contribution in [2.24, 2.45) is 4.99 Å². The molecular formula is C40H40N6O5. The molecule has 0 spiro atoms. The highest BCUT2D eigenvalue weighted by atomic mass is 16.7. The normalized spacial score (nSPS) is 17.1. The van der Waals surface area contributed by atoms with Crippen LogP contribution in [0, 0.1) is 0 Å². The Labute approximate surface area is 296 Å². The van der Waals surface area contributed by atoms with Gasteiger partial charge >= 0.3 is 0 Å². The second-order valence-electron chi connectivity index (χ2n) is 13.1. The molecule has 1 unspecified atom stereocenters. The number of hydroxylamine groups is 1. The maximum Gasteiger partial charge on any atom is 0.266 e. The summed E-state index contributed by atoms with van der Waals surface area (Å²) in [5.41, 5.74) is 7.31. The lowest BCUT2D eigenvalue weighted by molar-refractivity contribution is 0.0768. The Hall–Kier alpha value is -5.68. The van der Waals surface area contributed by atoms with Crippen LogP contribution in [0.2, 0.25) is 0 Å². The largest absolute Gasteiger partial charge is 0.493 e. The molecule has 1 atom stereocenters. The topological polar surface area (TPSA) is 111 Å². The summed E-state index contributed by atoms with van der Waals surface area (Å²) >= 11 is 0. The molecule has 1 N–H and O–H groups in total. The number of aromatic nitrogens is 2. The maximum atomic E-state index is 14.2. The molecule has 1 amide bonds. The third-order valence-electron chi connectivity index (χ3n) is 9.90. The molecule has 3 aliphatic rings. The zero-order valence-electron chi connectivity index (χ0n) is 28.6.